The maximum Gasteiger partial charge on any atom is 0.0351 e. The zero-order valence-electron chi connectivity index (χ0n) is 6.73. The topological polar surface area (TPSA) is 12.0 Å². The molecular formula is C8H16ClN. The van der Waals surface area contributed by atoms with E-state index in [9.17, 15) is 0 Å². The molecule has 0 bridgehead atoms. The summed E-state index contributed by atoms with van der Waals surface area (Å²) in [5, 5.41) is 3.91. The Balaban J connectivity index is 2.18. The maximum atomic E-state index is 5.95. The van der Waals surface area contributed by atoms with E-state index in [-0.39, 0.29) is 0 Å². The molecule has 0 spiro atoms. The highest BCUT2D eigenvalue weighted by Crippen LogP contribution is 2.23. The van der Waals surface area contributed by atoms with Gasteiger partial charge in [0.15, 0.2) is 0 Å². The van der Waals surface area contributed by atoms with E-state index in [1.807, 2.05) is 0 Å². The fraction of sp³-hybridized carbons (Fsp3) is 1.00. The summed E-state index contributed by atoms with van der Waals surface area (Å²) >= 11 is 5.95. The van der Waals surface area contributed by atoms with Gasteiger partial charge in [-0.15, -0.1) is 11.6 Å². The lowest BCUT2D eigenvalue weighted by molar-refractivity contribution is 0.472. The van der Waals surface area contributed by atoms with E-state index in [0.29, 0.717) is 17.5 Å². The van der Waals surface area contributed by atoms with Crippen molar-refractivity contribution in [3.63, 3.8) is 0 Å². The number of nitrogens with one attached hydrogen (secondary N) is 1. The van der Waals surface area contributed by atoms with Crippen molar-refractivity contribution >= 4 is 11.6 Å². The predicted octanol–water partition coefficient (Wildman–Crippen LogP) is 2.14. The lowest BCUT2D eigenvalue weighted by atomic mass is 10.2. The molecule has 60 valence electrons. The van der Waals surface area contributed by atoms with Crippen LogP contribution in [0.5, 0.6) is 0 Å². The minimum Gasteiger partial charge on any atom is -0.312 e. The Hall–Kier alpha value is 0.250. The van der Waals surface area contributed by atoms with E-state index in [4.69, 9.17) is 11.6 Å². The first-order chi connectivity index (χ1) is 4.68. The van der Waals surface area contributed by atoms with Crippen LogP contribution in [0.4, 0.5) is 0 Å². The van der Waals surface area contributed by atoms with E-state index >= 15 is 0 Å². The Morgan fingerprint density at radius 1 is 1.40 bits per heavy atom. The summed E-state index contributed by atoms with van der Waals surface area (Å²) < 4.78 is 0. The molecule has 0 aromatic heterocycles. The fourth-order valence-electron chi connectivity index (χ4n) is 1.55. The van der Waals surface area contributed by atoms with Gasteiger partial charge in [-0.25, -0.2) is 0 Å². The third kappa shape index (κ3) is 2.47. The third-order valence-electron chi connectivity index (χ3n) is 1.94. The van der Waals surface area contributed by atoms with Crippen LogP contribution < -0.4 is 5.32 Å². The molecule has 0 aromatic carbocycles. The van der Waals surface area contributed by atoms with Gasteiger partial charge in [-0.2, -0.15) is 0 Å². The van der Waals surface area contributed by atoms with Crippen molar-refractivity contribution in [1.29, 1.82) is 0 Å². The van der Waals surface area contributed by atoms with Crippen LogP contribution in [0.25, 0.3) is 0 Å². The largest absolute Gasteiger partial charge is 0.312 e. The first kappa shape index (κ1) is 8.35. The van der Waals surface area contributed by atoms with Crippen LogP contribution in [0, 0.1) is 0 Å². The summed E-state index contributed by atoms with van der Waals surface area (Å²) in [4.78, 5) is 0. The smallest absolute Gasteiger partial charge is 0.0351 e. The van der Waals surface area contributed by atoms with E-state index in [1.165, 1.54) is 12.8 Å². The van der Waals surface area contributed by atoms with Crippen LogP contribution in [0.3, 0.4) is 0 Å². The SMILES string of the molecule is CC(C)NC1CCC(Cl)C1. The lowest BCUT2D eigenvalue weighted by Crippen LogP contribution is -2.32. The Morgan fingerprint density at radius 2 is 2.10 bits per heavy atom. The van der Waals surface area contributed by atoms with Crippen molar-refractivity contribution in [3.8, 4) is 0 Å². The number of alkyl halides is 1. The molecule has 1 nitrogen and oxygen atoms in total. The highest BCUT2D eigenvalue weighted by molar-refractivity contribution is 6.20. The molecule has 0 aliphatic heterocycles. The van der Waals surface area contributed by atoms with Gasteiger partial charge >= 0.3 is 0 Å². The number of rotatable bonds is 2. The molecule has 1 N–H and O–H groups in total. The quantitative estimate of drug-likeness (QED) is 0.612. The summed E-state index contributed by atoms with van der Waals surface area (Å²) in [5.74, 6) is 0. The zero-order chi connectivity index (χ0) is 7.56. The molecular weight excluding hydrogens is 146 g/mol. The third-order valence-corrected chi connectivity index (χ3v) is 2.33. The second-order valence-electron chi connectivity index (χ2n) is 3.43. The molecule has 0 aromatic rings. The van der Waals surface area contributed by atoms with E-state index in [1.54, 1.807) is 0 Å². The van der Waals surface area contributed by atoms with Gasteiger partial charge in [0.2, 0.25) is 0 Å². The van der Waals surface area contributed by atoms with Crippen molar-refractivity contribution in [2.75, 3.05) is 0 Å². The number of halogens is 1. The highest BCUT2D eigenvalue weighted by Gasteiger charge is 2.22. The van der Waals surface area contributed by atoms with Gasteiger partial charge in [0, 0.05) is 17.5 Å². The number of hydrogen-bond acceptors (Lipinski definition) is 1. The molecule has 1 saturated carbocycles. The second-order valence-corrected chi connectivity index (χ2v) is 4.05. The molecule has 2 atom stereocenters. The van der Waals surface area contributed by atoms with Gasteiger partial charge in [0.1, 0.15) is 0 Å². The molecule has 0 radical (unpaired) electrons. The van der Waals surface area contributed by atoms with Crippen molar-refractivity contribution in [1.82, 2.24) is 5.32 Å². The van der Waals surface area contributed by atoms with Crippen molar-refractivity contribution in [3.05, 3.63) is 0 Å². The average molecular weight is 162 g/mol. The van der Waals surface area contributed by atoms with Crippen LogP contribution in [0.1, 0.15) is 33.1 Å². The molecule has 1 fully saturated rings. The standard InChI is InChI=1S/C8H16ClN/c1-6(2)10-8-4-3-7(9)5-8/h6-8,10H,3-5H2,1-2H3. The molecule has 0 heterocycles. The summed E-state index contributed by atoms with van der Waals surface area (Å²) in [6, 6.07) is 1.29. The minimum atomic E-state index is 0.427. The first-order valence-electron chi connectivity index (χ1n) is 4.08. The van der Waals surface area contributed by atoms with Gasteiger partial charge in [0.25, 0.3) is 0 Å². The first-order valence-corrected chi connectivity index (χ1v) is 4.52. The van der Waals surface area contributed by atoms with Gasteiger partial charge in [-0.3, -0.25) is 0 Å². The van der Waals surface area contributed by atoms with Gasteiger partial charge in [0.05, 0.1) is 0 Å². The van der Waals surface area contributed by atoms with Gasteiger partial charge in [-0.05, 0) is 19.3 Å². The highest BCUT2D eigenvalue weighted by atomic mass is 35.5. The zero-order valence-corrected chi connectivity index (χ0v) is 7.49. The molecule has 0 saturated heterocycles. The van der Waals surface area contributed by atoms with Crippen molar-refractivity contribution in [2.24, 2.45) is 0 Å². The Kier molecular flexibility index (Phi) is 2.99. The Bertz CT molecular complexity index is 103. The maximum absolute atomic E-state index is 5.95. The molecule has 2 unspecified atom stereocenters. The van der Waals surface area contributed by atoms with Crippen LogP contribution in [-0.4, -0.2) is 17.5 Å². The van der Waals surface area contributed by atoms with Crippen molar-refractivity contribution in [2.45, 2.75) is 50.6 Å². The summed E-state index contributed by atoms with van der Waals surface area (Å²) in [6.07, 6.45) is 3.60. The molecule has 1 aliphatic carbocycles. The van der Waals surface area contributed by atoms with E-state index in [2.05, 4.69) is 19.2 Å². The molecule has 1 aliphatic rings. The Labute approximate surface area is 68.1 Å². The minimum absolute atomic E-state index is 0.427. The predicted molar refractivity (Wildman–Crippen MR) is 45.6 cm³/mol. The number of hydrogen-bond donors (Lipinski definition) is 1. The van der Waals surface area contributed by atoms with Gasteiger partial charge in [-0.1, -0.05) is 13.8 Å². The van der Waals surface area contributed by atoms with Crippen molar-refractivity contribution < 1.29 is 0 Å². The fourth-order valence-corrected chi connectivity index (χ4v) is 1.89. The summed E-state index contributed by atoms with van der Waals surface area (Å²) in [5.41, 5.74) is 0. The second kappa shape index (κ2) is 3.59. The molecule has 0 amide bonds. The van der Waals surface area contributed by atoms with E-state index in [0.717, 1.165) is 6.42 Å². The molecule has 1 rings (SSSR count). The van der Waals surface area contributed by atoms with E-state index < -0.39 is 0 Å². The van der Waals surface area contributed by atoms with Crippen LogP contribution in [-0.2, 0) is 0 Å². The summed E-state index contributed by atoms with van der Waals surface area (Å²) in [7, 11) is 0. The van der Waals surface area contributed by atoms with Crippen LogP contribution in [0.15, 0.2) is 0 Å². The molecule has 10 heavy (non-hydrogen) atoms. The average Bonchev–Trinajstić information content (AvgIpc) is 2.13. The summed E-state index contributed by atoms with van der Waals surface area (Å²) in [6.45, 7) is 4.36. The Morgan fingerprint density at radius 3 is 2.50 bits per heavy atom. The van der Waals surface area contributed by atoms with Gasteiger partial charge < -0.3 is 5.32 Å². The lowest BCUT2D eigenvalue weighted by Gasteiger charge is -2.14. The molecule has 2 heteroatoms. The monoisotopic (exact) mass is 161 g/mol. The van der Waals surface area contributed by atoms with Crippen LogP contribution >= 0.6 is 11.6 Å². The normalized spacial score (nSPS) is 33.6. The van der Waals surface area contributed by atoms with Crippen LogP contribution in [0.2, 0.25) is 0 Å².